The fourth-order valence-electron chi connectivity index (χ4n) is 0.726. The van der Waals surface area contributed by atoms with Crippen LogP contribution in [0, 0.1) is 0 Å². The monoisotopic (exact) mass is 198 g/mol. The molecule has 0 atom stereocenters. The van der Waals surface area contributed by atoms with Gasteiger partial charge in [-0.3, -0.25) is 0 Å². The van der Waals surface area contributed by atoms with Gasteiger partial charge in [-0.1, -0.05) is 18.2 Å². The summed E-state index contributed by atoms with van der Waals surface area (Å²) < 4.78 is 0. The van der Waals surface area contributed by atoms with Crippen molar-refractivity contribution in [3.63, 3.8) is 0 Å². The minimum Gasteiger partial charge on any atom is -0.378 e. The average Bonchev–Trinajstić information content (AvgIpc) is 2.19. The van der Waals surface area contributed by atoms with Crippen LogP contribution in [0.1, 0.15) is 0 Å². The number of nitrogens with two attached hydrogens (primary N) is 1. The van der Waals surface area contributed by atoms with E-state index in [2.05, 4.69) is 29.7 Å². The fraction of sp³-hybridized carbons (Fsp3) is 0.400. The topological polar surface area (TPSA) is 29.3 Å². The van der Waals surface area contributed by atoms with E-state index in [1.165, 1.54) is 5.69 Å². The predicted octanol–water partition coefficient (Wildman–Crippen LogP) is 1.63. The van der Waals surface area contributed by atoms with Gasteiger partial charge in [-0.25, -0.2) is 0 Å². The maximum Gasteiger partial charge on any atom is 0.0360 e. The number of anilines is 1. The molecule has 0 aliphatic heterocycles. The highest BCUT2D eigenvalue weighted by Crippen LogP contribution is 2.07. The van der Waals surface area contributed by atoms with Gasteiger partial charge in [-0.05, 0) is 12.1 Å². The molecular weight excluding hydrogens is 180 g/mol. The van der Waals surface area contributed by atoms with E-state index in [4.69, 9.17) is 5.73 Å². The summed E-state index contributed by atoms with van der Waals surface area (Å²) in [5.41, 5.74) is 6.20. The first-order chi connectivity index (χ1) is 6.22. The Labute approximate surface area is 86.2 Å². The second-order valence-electron chi connectivity index (χ2n) is 2.74. The Morgan fingerprint density at radius 2 is 1.69 bits per heavy atom. The number of hydrogen-bond donors (Lipinski definition) is 2. The molecule has 0 spiro atoms. The maximum atomic E-state index is 4.95. The average molecular weight is 198 g/mol. The van der Waals surface area contributed by atoms with Crippen LogP contribution in [0.2, 0.25) is 0 Å². The quantitative estimate of drug-likeness (QED) is 0.707. The molecule has 1 rings (SSSR count). The summed E-state index contributed by atoms with van der Waals surface area (Å²) in [5, 5.41) is 0. The molecule has 0 amide bonds. The second kappa shape index (κ2) is 7.95. The van der Waals surface area contributed by atoms with E-state index in [0.29, 0.717) is 6.54 Å². The molecule has 1 aromatic rings. The van der Waals surface area contributed by atoms with Crippen LogP contribution in [-0.2, 0) is 0 Å². The lowest BCUT2D eigenvalue weighted by molar-refractivity contribution is 1.13. The second-order valence-corrected chi connectivity index (χ2v) is 3.19. The third-order valence-corrected chi connectivity index (χ3v) is 1.66. The summed E-state index contributed by atoms with van der Waals surface area (Å²) in [5.74, 6) is 0.792. The molecule has 0 saturated heterocycles. The van der Waals surface area contributed by atoms with Crippen LogP contribution in [0.4, 0.5) is 5.69 Å². The largest absolute Gasteiger partial charge is 0.378 e. The molecule has 0 fully saturated rings. The van der Waals surface area contributed by atoms with Gasteiger partial charge in [0.2, 0.25) is 0 Å². The van der Waals surface area contributed by atoms with Crippen LogP contribution in [-0.4, -0.2) is 26.4 Å². The first-order valence-corrected chi connectivity index (χ1v) is 4.89. The van der Waals surface area contributed by atoms with Gasteiger partial charge in [0, 0.05) is 32.1 Å². The normalized spacial score (nSPS) is 8.62. The molecule has 0 aliphatic rings. The lowest BCUT2D eigenvalue weighted by Crippen LogP contribution is -2.07. The molecule has 0 aromatic heterocycles. The lowest BCUT2D eigenvalue weighted by atomic mass is 10.3. The number of benzene rings is 1. The van der Waals surface area contributed by atoms with Crippen LogP contribution in [0.3, 0.4) is 0 Å². The van der Waals surface area contributed by atoms with Gasteiger partial charge in [-0.2, -0.15) is 12.6 Å². The van der Waals surface area contributed by atoms with Crippen LogP contribution in [0.25, 0.3) is 0 Å². The summed E-state index contributed by atoms with van der Waals surface area (Å²) in [6.45, 7) is 0.684. The van der Waals surface area contributed by atoms with Crippen LogP contribution in [0.15, 0.2) is 30.3 Å². The zero-order valence-corrected chi connectivity index (χ0v) is 9.17. The van der Waals surface area contributed by atoms with Crippen molar-refractivity contribution in [1.29, 1.82) is 0 Å². The van der Waals surface area contributed by atoms with Crippen molar-refractivity contribution < 1.29 is 0 Å². The minimum atomic E-state index is 0.684. The molecule has 0 heterocycles. The lowest BCUT2D eigenvalue weighted by Gasteiger charge is -2.10. The Morgan fingerprint density at radius 3 is 1.92 bits per heavy atom. The van der Waals surface area contributed by atoms with Crippen molar-refractivity contribution in [2.24, 2.45) is 5.73 Å². The zero-order valence-electron chi connectivity index (χ0n) is 8.27. The van der Waals surface area contributed by atoms with Gasteiger partial charge in [0.15, 0.2) is 0 Å². The van der Waals surface area contributed by atoms with E-state index in [-0.39, 0.29) is 0 Å². The molecule has 0 unspecified atom stereocenters. The Kier molecular flexibility index (Phi) is 7.54. The van der Waals surface area contributed by atoms with Gasteiger partial charge in [0.1, 0.15) is 0 Å². The molecule has 0 bridgehead atoms. The minimum absolute atomic E-state index is 0.684. The van der Waals surface area contributed by atoms with E-state index in [9.17, 15) is 0 Å². The summed E-state index contributed by atoms with van der Waals surface area (Å²) in [7, 11) is 4.07. The van der Waals surface area contributed by atoms with Crippen molar-refractivity contribution in [1.82, 2.24) is 0 Å². The molecule has 13 heavy (non-hydrogen) atoms. The summed E-state index contributed by atoms with van der Waals surface area (Å²) in [6, 6.07) is 10.3. The van der Waals surface area contributed by atoms with Crippen molar-refractivity contribution in [2.45, 2.75) is 0 Å². The molecule has 2 N–H and O–H groups in total. The van der Waals surface area contributed by atoms with Crippen LogP contribution >= 0.6 is 12.6 Å². The highest BCUT2D eigenvalue weighted by atomic mass is 32.1. The highest BCUT2D eigenvalue weighted by molar-refractivity contribution is 7.80. The summed E-state index contributed by atoms with van der Waals surface area (Å²) in [4.78, 5) is 2.08. The molecule has 0 saturated carbocycles. The summed E-state index contributed by atoms with van der Waals surface area (Å²) >= 11 is 3.80. The smallest absolute Gasteiger partial charge is 0.0360 e. The molecule has 2 nitrogen and oxygen atoms in total. The van der Waals surface area contributed by atoms with E-state index in [0.717, 1.165) is 5.75 Å². The molecule has 1 aromatic carbocycles. The summed E-state index contributed by atoms with van der Waals surface area (Å²) in [6.07, 6.45) is 0. The third kappa shape index (κ3) is 6.49. The van der Waals surface area contributed by atoms with Gasteiger partial charge in [0.25, 0.3) is 0 Å². The fourth-order valence-corrected chi connectivity index (χ4v) is 0.726. The number of para-hydroxylation sites is 1. The first-order valence-electron chi connectivity index (χ1n) is 4.25. The van der Waals surface area contributed by atoms with E-state index < -0.39 is 0 Å². The number of hydrogen-bond acceptors (Lipinski definition) is 3. The Bertz CT molecular complexity index is 197. The number of nitrogens with zero attached hydrogens (tertiary/aromatic N) is 1. The Morgan fingerprint density at radius 1 is 1.23 bits per heavy atom. The Balaban J connectivity index is 0.000000310. The van der Waals surface area contributed by atoms with Gasteiger partial charge in [0.05, 0.1) is 0 Å². The molecular formula is C10H18N2S. The molecule has 0 radical (unpaired) electrons. The molecule has 74 valence electrons. The van der Waals surface area contributed by atoms with Crippen LogP contribution < -0.4 is 10.6 Å². The van der Waals surface area contributed by atoms with Crippen molar-refractivity contribution >= 4 is 18.3 Å². The maximum absolute atomic E-state index is 4.95. The number of thiol groups is 1. The highest BCUT2D eigenvalue weighted by Gasteiger charge is 1.87. The van der Waals surface area contributed by atoms with Gasteiger partial charge >= 0.3 is 0 Å². The molecule has 3 heteroatoms. The number of rotatable bonds is 2. The Hall–Kier alpha value is -0.670. The SMILES string of the molecule is CN(C)c1ccccc1.NCCS. The van der Waals surface area contributed by atoms with Gasteiger partial charge < -0.3 is 10.6 Å². The van der Waals surface area contributed by atoms with Crippen molar-refractivity contribution in [2.75, 3.05) is 31.3 Å². The van der Waals surface area contributed by atoms with E-state index in [1.54, 1.807) is 0 Å². The predicted molar refractivity (Wildman–Crippen MR) is 63.7 cm³/mol. The standard InChI is InChI=1S/C8H11N.C2H7NS/c1-9(2)8-6-4-3-5-7-8;3-1-2-4/h3-7H,1-2H3;4H,1-3H2. The van der Waals surface area contributed by atoms with Crippen molar-refractivity contribution in [3.8, 4) is 0 Å². The molecule has 0 aliphatic carbocycles. The third-order valence-electron chi connectivity index (χ3n) is 1.40. The van der Waals surface area contributed by atoms with Crippen LogP contribution in [0.5, 0.6) is 0 Å². The van der Waals surface area contributed by atoms with E-state index >= 15 is 0 Å². The van der Waals surface area contributed by atoms with Crippen molar-refractivity contribution in [3.05, 3.63) is 30.3 Å². The van der Waals surface area contributed by atoms with E-state index in [1.807, 2.05) is 32.3 Å². The zero-order chi connectivity index (χ0) is 10.1. The van der Waals surface area contributed by atoms with Gasteiger partial charge in [-0.15, -0.1) is 0 Å². The first kappa shape index (κ1) is 12.3.